The Balaban J connectivity index is 1.97. The van der Waals surface area contributed by atoms with Crippen molar-refractivity contribution in [1.82, 2.24) is 9.13 Å². The van der Waals surface area contributed by atoms with E-state index >= 15 is 0 Å². The fourth-order valence-electron chi connectivity index (χ4n) is 2.96. The van der Waals surface area contributed by atoms with Gasteiger partial charge in [-0.05, 0) is 53.8 Å². The highest BCUT2D eigenvalue weighted by atomic mass is 35.5. The number of nitrogens with zero attached hydrogens (tertiary/aromatic N) is 2. The molecule has 2 aromatic heterocycles. The number of aryl methyl sites for hydroxylation is 1. The molecule has 7 heteroatoms. The second-order valence-electron chi connectivity index (χ2n) is 6.20. The van der Waals surface area contributed by atoms with Crippen molar-refractivity contribution >= 4 is 33.2 Å². The van der Waals surface area contributed by atoms with E-state index in [9.17, 15) is 14.0 Å². The molecule has 0 aliphatic rings. The zero-order chi connectivity index (χ0) is 19.1. The van der Waals surface area contributed by atoms with Crippen molar-refractivity contribution in [3.05, 3.63) is 96.7 Å². The first-order valence-electron chi connectivity index (χ1n) is 8.20. The van der Waals surface area contributed by atoms with Crippen LogP contribution in [-0.4, -0.2) is 9.13 Å². The lowest BCUT2D eigenvalue weighted by atomic mass is 10.2. The van der Waals surface area contributed by atoms with Crippen molar-refractivity contribution in [2.75, 3.05) is 0 Å². The Hall–Kier alpha value is -2.70. The van der Waals surface area contributed by atoms with Crippen molar-refractivity contribution in [1.29, 1.82) is 0 Å². The first-order valence-corrected chi connectivity index (χ1v) is 9.45. The van der Waals surface area contributed by atoms with E-state index in [1.807, 2.05) is 12.1 Å². The number of halogens is 2. The molecule has 0 unspecified atom stereocenters. The first kappa shape index (κ1) is 17.7. The van der Waals surface area contributed by atoms with Gasteiger partial charge in [-0.1, -0.05) is 29.8 Å². The van der Waals surface area contributed by atoms with Crippen molar-refractivity contribution < 1.29 is 4.39 Å². The second kappa shape index (κ2) is 6.79. The molecule has 4 nitrogen and oxygen atoms in total. The maximum absolute atomic E-state index is 14.0. The summed E-state index contributed by atoms with van der Waals surface area (Å²) in [6, 6.07) is 13.2. The van der Waals surface area contributed by atoms with E-state index < -0.39 is 17.1 Å². The second-order valence-corrected chi connectivity index (χ2v) is 7.56. The van der Waals surface area contributed by atoms with Crippen LogP contribution in [0.15, 0.2) is 63.5 Å². The highest BCUT2D eigenvalue weighted by molar-refractivity contribution is 7.17. The molecule has 0 aliphatic heterocycles. The molecule has 27 heavy (non-hydrogen) atoms. The number of hydrogen-bond donors (Lipinski definition) is 0. The molecule has 0 saturated heterocycles. The number of hydrogen-bond acceptors (Lipinski definition) is 3. The van der Waals surface area contributed by atoms with Crippen LogP contribution < -0.4 is 11.2 Å². The molecule has 0 saturated carbocycles. The molecular formula is C20H14ClFN2O2S. The van der Waals surface area contributed by atoms with Gasteiger partial charge in [0.2, 0.25) is 0 Å². The first-order chi connectivity index (χ1) is 13.0. The lowest BCUT2D eigenvalue weighted by Gasteiger charge is -2.13. The zero-order valence-electron chi connectivity index (χ0n) is 14.3. The minimum absolute atomic E-state index is 0.216. The minimum Gasteiger partial charge on any atom is -0.288 e. The lowest BCUT2D eigenvalue weighted by molar-refractivity contribution is 0.615. The van der Waals surface area contributed by atoms with Crippen LogP contribution in [0, 0.1) is 12.7 Å². The molecule has 136 valence electrons. The quantitative estimate of drug-likeness (QED) is 0.512. The van der Waals surface area contributed by atoms with Crippen LogP contribution in [-0.2, 0) is 6.54 Å². The molecule has 0 spiro atoms. The number of aromatic nitrogens is 2. The maximum atomic E-state index is 14.0. The Bertz CT molecular complexity index is 1270. The Morgan fingerprint density at radius 3 is 2.52 bits per heavy atom. The average molecular weight is 401 g/mol. The predicted octanol–water partition coefficient (Wildman–Crippen LogP) is 4.36. The number of thiophene rings is 1. The predicted molar refractivity (Wildman–Crippen MR) is 107 cm³/mol. The highest BCUT2D eigenvalue weighted by Gasteiger charge is 2.16. The van der Waals surface area contributed by atoms with Crippen LogP contribution in [0.3, 0.4) is 0 Å². The summed E-state index contributed by atoms with van der Waals surface area (Å²) in [6.45, 7) is 1.90. The molecule has 0 amide bonds. The van der Waals surface area contributed by atoms with E-state index in [1.165, 1.54) is 22.0 Å². The molecule has 2 aromatic carbocycles. The molecule has 0 bridgehead atoms. The summed E-state index contributed by atoms with van der Waals surface area (Å²) in [5.41, 5.74) is 1.14. The summed E-state index contributed by atoms with van der Waals surface area (Å²) >= 11 is 7.19. The molecule has 0 N–H and O–H groups in total. The minimum atomic E-state index is -0.510. The van der Waals surface area contributed by atoms with Crippen LogP contribution in [0.25, 0.3) is 15.9 Å². The molecule has 0 aliphatic carbocycles. The van der Waals surface area contributed by atoms with E-state index in [1.54, 1.807) is 42.6 Å². The van der Waals surface area contributed by atoms with Gasteiger partial charge in [0.25, 0.3) is 5.56 Å². The van der Waals surface area contributed by atoms with Crippen molar-refractivity contribution in [2.45, 2.75) is 13.5 Å². The summed E-state index contributed by atoms with van der Waals surface area (Å²) in [4.78, 5) is 26.0. The number of fused-ring (bicyclic) bond motifs is 1. The Morgan fingerprint density at radius 2 is 1.81 bits per heavy atom. The van der Waals surface area contributed by atoms with E-state index in [2.05, 4.69) is 0 Å². The van der Waals surface area contributed by atoms with E-state index in [0.717, 1.165) is 10.1 Å². The van der Waals surface area contributed by atoms with Gasteiger partial charge in [0.15, 0.2) is 0 Å². The molecular weight excluding hydrogens is 387 g/mol. The van der Waals surface area contributed by atoms with Gasteiger partial charge in [0.1, 0.15) is 10.5 Å². The monoisotopic (exact) mass is 400 g/mol. The highest BCUT2D eigenvalue weighted by Crippen LogP contribution is 2.19. The van der Waals surface area contributed by atoms with E-state index in [0.29, 0.717) is 20.8 Å². The topological polar surface area (TPSA) is 44.0 Å². The van der Waals surface area contributed by atoms with Crippen molar-refractivity contribution in [3.63, 3.8) is 0 Å². The van der Waals surface area contributed by atoms with Gasteiger partial charge in [-0.15, -0.1) is 11.3 Å². The Morgan fingerprint density at radius 1 is 1.07 bits per heavy atom. The van der Waals surface area contributed by atoms with Gasteiger partial charge >= 0.3 is 5.69 Å². The molecule has 4 aromatic rings. The van der Waals surface area contributed by atoms with Gasteiger partial charge in [-0.2, -0.15) is 0 Å². The van der Waals surface area contributed by atoms with Crippen LogP contribution in [0.1, 0.15) is 11.1 Å². The molecule has 4 rings (SSSR count). The third-order valence-corrected chi connectivity index (χ3v) is 5.57. The smallest absolute Gasteiger partial charge is 0.288 e. The Kier molecular flexibility index (Phi) is 4.45. The summed E-state index contributed by atoms with van der Waals surface area (Å²) in [5, 5.41) is 2.37. The molecule has 0 atom stereocenters. The normalized spacial score (nSPS) is 11.2. The lowest BCUT2D eigenvalue weighted by Crippen LogP contribution is -2.38. The number of rotatable bonds is 3. The third-order valence-electron chi connectivity index (χ3n) is 4.42. The summed E-state index contributed by atoms with van der Waals surface area (Å²) in [6.07, 6.45) is 0. The van der Waals surface area contributed by atoms with E-state index in [-0.39, 0.29) is 12.2 Å². The van der Waals surface area contributed by atoms with Crippen LogP contribution in [0.5, 0.6) is 0 Å². The van der Waals surface area contributed by atoms with Crippen molar-refractivity contribution in [2.24, 2.45) is 0 Å². The molecule has 2 heterocycles. The van der Waals surface area contributed by atoms with Crippen molar-refractivity contribution in [3.8, 4) is 5.69 Å². The SMILES string of the molecule is Cc1ccc(-n2c(=O)c3sccc3n(Cc3ccc(Cl)cc3)c2=O)cc1F. The van der Waals surface area contributed by atoms with Crippen LogP contribution >= 0.6 is 22.9 Å². The van der Waals surface area contributed by atoms with Crippen LogP contribution in [0.4, 0.5) is 4.39 Å². The van der Waals surface area contributed by atoms with Gasteiger partial charge in [-0.25, -0.2) is 13.8 Å². The summed E-state index contributed by atoms with van der Waals surface area (Å²) < 4.78 is 17.0. The van der Waals surface area contributed by atoms with E-state index in [4.69, 9.17) is 11.6 Å². The Labute approximate surface area is 162 Å². The largest absolute Gasteiger partial charge is 0.336 e. The number of benzene rings is 2. The van der Waals surface area contributed by atoms with Gasteiger partial charge in [-0.3, -0.25) is 9.36 Å². The van der Waals surface area contributed by atoms with Gasteiger partial charge in [0, 0.05) is 5.02 Å². The van der Waals surface area contributed by atoms with Gasteiger partial charge < -0.3 is 0 Å². The van der Waals surface area contributed by atoms with Crippen LogP contribution in [0.2, 0.25) is 5.02 Å². The maximum Gasteiger partial charge on any atom is 0.336 e. The standard InChI is InChI=1S/C20H14ClFN2O2S/c1-12-2-7-15(10-16(12)22)24-19(25)18-17(8-9-27-18)23(20(24)26)11-13-3-5-14(21)6-4-13/h2-10H,11H2,1H3. The zero-order valence-corrected chi connectivity index (χ0v) is 15.9. The fourth-order valence-corrected chi connectivity index (χ4v) is 3.91. The fraction of sp³-hybridized carbons (Fsp3) is 0.100. The summed E-state index contributed by atoms with van der Waals surface area (Å²) in [5.74, 6) is -0.464. The average Bonchev–Trinajstić information content (AvgIpc) is 3.13. The molecule has 0 fully saturated rings. The molecule has 0 radical (unpaired) electrons. The third kappa shape index (κ3) is 3.11. The van der Waals surface area contributed by atoms with Gasteiger partial charge in [0.05, 0.1) is 17.7 Å². The summed E-state index contributed by atoms with van der Waals surface area (Å²) in [7, 11) is 0.